The summed E-state index contributed by atoms with van der Waals surface area (Å²) in [4.78, 5) is 11.8. The molecule has 0 aromatic heterocycles. The van der Waals surface area contributed by atoms with Gasteiger partial charge in [-0.05, 0) is 31.0 Å². The number of hydrogen-bond acceptors (Lipinski definition) is 3. The number of benzene rings is 1. The summed E-state index contributed by atoms with van der Waals surface area (Å²) in [5.74, 6) is -0.314. The van der Waals surface area contributed by atoms with E-state index in [1.807, 2.05) is 0 Å². The number of rotatable bonds is 4. The van der Waals surface area contributed by atoms with Crippen molar-refractivity contribution < 1.29 is 18.3 Å². The second-order valence-electron chi connectivity index (χ2n) is 3.77. The number of carbonyl (C=O) groups is 1. The maximum atomic E-state index is 12.1. The van der Waals surface area contributed by atoms with Crippen LogP contribution in [0.3, 0.4) is 0 Å². The van der Waals surface area contributed by atoms with Crippen LogP contribution in [0.5, 0.6) is 5.75 Å². The molecule has 2 rings (SSSR count). The molecule has 1 aromatic rings. The molecule has 1 aliphatic rings. The average Bonchev–Trinajstić information content (AvgIpc) is 3.02. The third kappa shape index (κ3) is 2.29. The zero-order chi connectivity index (χ0) is 11.7. The fourth-order valence-electron chi connectivity index (χ4n) is 1.50. The number of halogens is 2. The normalized spacial score (nSPS) is 15.2. The Morgan fingerprint density at radius 1 is 1.44 bits per heavy atom. The summed E-state index contributed by atoms with van der Waals surface area (Å²) >= 11 is 0. The van der Waals surface area contributed by atoms with E-state index in [9.17, 15) is 13.6 Å². The van der Waals surface area contributed by atoms with Crippen molar-refractivity contribution in [1.82, 2.24) is 0 Å². The van der Waals surface area contributed by atoms with Crippen molar-refractivity contribution in [2.45, 2.75) is 19.5 Å². The third-order valence-electron chi connectivity index (χ3n) is 2.43. The number of nitrogens with two attached hydrogens (primary N) is 1. The molecule has 0 unspecified atom stereocenters. The molecular weight excluding hydrogens is 216 g/mol. The molecule has 0 radical (unpaired) electrons. The summed E-state index contributed by atoms with van der Waals surface area (Å²) in [5.41, 5.74) is 6.04. The van der Waals surface area contributed by atoms with E-state index in [1.54, 1.807) is 0 Å². The molecule has 1 saturated carbocycles. The zero-order valence-corrected chi connectivity index (χ0v) is 8.45. The first kappa shape index (κ1) is 10.9. The predicted molar refractivity (Wildman–Crippen MR) is 54.5 cm³/mol. The largest absolute Gasteiger partial charge is 0.434 e. The first-order chi connectivity index (χ1) is 7.58. The van der Waals surface area contributed by atoms with Gasteiger partial charge in [0.05, 0.1) is 5.56 Å². The Hall–Kier alpha value is -1.65. The molecule has 0 bridgehead atoms. The Balaban J connectivity index is 2.31. The second-order valence-corrected chi connectivity index (χ2v) is 3.77. The second kappa shape index (κ2) is 4.08. The minimum absolute atomic E-state index is 0.0539. The number of anilines is 1. The van der Waals surface area contributed by atoms with Crippen LogP contribution in [0.2, 0.25) is 0 Å². The molecule has 0 heterocycles. The van der Waals surface area contributed by atoms with Crippen LogP contribution in [0, 0.1) is 5.92 Å². The van der Waals surface area contributed by atoms with E-state index in [0.29, 0.717) is 5.69 Å². The molecule has 0 aliphatic heterocycles. The van der Waals surface area contributed by atoms with Crippen LogP contribution in [0.1, 0.15) is 23.2 Å². The van der Waals surface area contributed by atoms with Crippen LogP contribution in [0.4, 0.5) is 14.5 Å². The summed E-state index contributed by atoms with van der Waals surface area (Å²) in [6, 6.07) is 4.12. The first-order valence-electron chi connectivity index (χ1n) is 4.96. The van der Waals surface area contributed by atoms with Gasteiger partial charge in [-0.3, -0.25) is 4.79 Å². The quantitative estimate of drug-likeness (QED) is 0.635. The van der Waals surface area contributed by atoms with E-state index in [2.05, 4.69) is 4.74 Å². The highest BCUT2D eigenvalue weighted by Crippen LogP contribution is 2.36. The Morgan fingerprint density at radius 2 is 2.12 bits per heavy atom. The molecule has 0 saturated heterocycles. The van der Waals surface area contributed by atoms with E-state index >= 15 is 0 Å². The molecule has 0 atom stereocenters. The van der Waals surface area contributed by atoms with Crippen LogP contribution in [-0.4, -0.2) is 12.4 Å². The van der Waals surface area contributed by atoms with E-state index in [1.165, 1.54) is 18.2 Å². The fraction of sp³-hybridized carbons (Fsp3) is 0.364. The van der Waals surface area contributed by atoms with Crippen LogP contribution < -0.4 is 10.5 Å². The highest BCUT2D eigenvalue weighted by molar-refractivity contribution is 6.02. The maximum absolute atomic E-state index is 12.1. The topological polar surface area (TPSA) is 52.3 Å². The number of hydrogen-bond donors (Lipinski definition) is 1. The summed E-state index contributed by atoms with van der Waals surface area (Å²) in [6.07, 6.45) is 1.61. The molecule has 0 amide bonds. The van der Waals surface area contributed by atoms with Crippen molar-refractivity contribution in [1.29, 1.82) is 0 Å². The van der Waals surface area contributed by atoms with Crippen molar-refractivity contribution in [2.75, 3.05) is 5.73 Å². The first-order valence-corrected chi connectivity index (χ1v) is 4.96. The van der Waals surface area contributed by atoms with Gasteiger partial charge in [0, 0.05) is 11.6 Å². The summed E-state index contributed by atoms with van der Waals surface area (Å²) in [6.45, 7) is -2.94. The van der Waals surface area contributed by atoms with E-state index in [-0.39, 0.29) is 23.0 Å². The molecule has 2 N–H and O–H groups in total. The van der Waals surface area contributed by atoms with Crippen molar-refractivity contribution in [3.05, 3.63) is 23.8 Å². The maximum Gasteiger partial charge on any atom is 0.387 e. The molecule has 1 fully saturated rings. The summed E-state index contributed by atoms with van der Waals surface area (Å²) < 4.78 is 28.5. The molecule has 1 aromatic carbocycles. The number of ether oxygens (including phenoxy) is 1. The van der Waals surface area contributed by atoms with Crippen molar-refractivity contribution in [2.24, 2.45) is 5.92 Å². The van der Waals surface area contributed by atoms with Gasteiger partial charge < -0.3 is 10.5 Å². The third-order valence-corrected chi connectivity index (χ3v) is 2.43. The number of alkyl halides is 2. The highest BCUT2D eigenvalue weighted by Gasteiger charge is 2.32. The van der Waals surface area contributed by atoms with E-state index < -0.39 is 6.61 Å². The standard InChI is InChI=1S/C11H11F2NO2/c12-11(13)16-9-4-3-7(14)5-8(9)10(15)6-1-2-6/h3-6,11H,1-2,14H2. The Morgan fingerprint density at radius 3 is 2.69 bits per heavy atom. The van der Waals surface area contributed by atoms with Crippen molar-refractivity contribution in [3.8, 4) is 5.75 Å². The zero-order valence-electron chi connectivity index (χ0n) is 8.45. The van der Waals surface area contributed by atoms with Gasteiger partial charge in [0.15, 0.2) is 5.78 Å². The number of nitrogen functional groups attached to an aromatic ring is 1. The van der Waals surface area contributed by atoms with Gasteiger partial charge in [-0.25, -0.2) is 0 Å². The van der Waals surface area contributed by atoms with Gasteiger partial charge in [0.2, 0.25) is 0 Å². The van der Waals surface area contributed by atoms with Gasteiger partial charge in [0.25, 0.3) is 0 Å². The molecule has 3 nitrogen and oxygen atoms in total. The Labute approximate surface area is 91.2 Å². The molecule has 16 heavy (non-hydrogen) atoms. The fourth-order valence-corrected chi connectivity index (χ4v) is 1.50. The minimum Gasteiger partial charge on any atom is -0.434 e. The lowest BCUT2D eigenvalue weighted by molar-refractivity contribution is -0.0501. The SMILES string of the molecule is Nc1ccc(OC(F)F)c(C(=O)C2CC2)c1. The monoisotopic (exact) mass is 227 g/mol. The van der Waals surface area contributed by atoms with Gasteiger partial charge >= 0.3 is 6.61 Å². The number of carbonyl (C=O) groups excluding carboxylic acids is 1. The van der Waals surface area contributed by atoms with Crippen LogP contribution >= 0.6 is 0 Å². The van der Waals surface area contributed by atoms with Gasteiger partial charge in [-0.2, -0.15) is 8.78 Å². The lowest BCUT2D eigenvalue weighted by Crippen LogP contribution is -2.09. The number of ketones is 1. The predicted octanol–water partition coefficient (Wildman–Crippen LogP) is 2.46. The lowest BCUT2D eigenvalue weighted by Gasteiger charge is -2.10. The van der Waals surface area contributed by atoms with Crippen molar-refractivity contribution in [3.63, 3.8) is 0 Å². The summed E-state index contributed by atoms with van der Waals surface area (Å²) in [5, 5.41) is 0. The molecule has 5 heteroatoms. The molecule has 1 aliphatic carbocycles. The van der Waals surface area contributed by atoms with Gasteiger partial charge in [0.1, 0.15) is 5.75 Å². The molecular formula is C11H11F2NO2. The van der Waals surface area contributed by atoms with E-state index in [0.717, 1.165) is 12.8 Å². The minimum atomic E-state index is -2.94. The van der Waals surface area contributed by atoms with E-state index in [4.69, 9.17) is 5.73 Å². The lowest BCUT2D eigenvalue weighted by atomic mass is 10.1. The highest BCUT2D eigenvalue weighted by atomic mass is 19.3. The summed E-state index contributed by atoms with van der Waals surface area (Å²) in [7, 11) is 0. The molecule has 86 valence electrons. The van der Waals surface area contributed by atoms with Gasteiger partial charge in [-0.1, -0.05) is 0 Å². The van der Waals surface area contributed by atoms with Crippen LogP contribution in [0.25, 0.3) is 0 Å². The smallest absolute Gasteiger partial charge is 0.387 e. The average molecular weight is 227 g/mol. The molecule has 0 spiro atoms. The number of Topliss-reactive ketones (excluding diaryl/α,β-unsaturated/α-hetero) is 1. The Kier molecular flexibility index (Phi) is 2.77. The Bertz CT molecular complexity index is 416. The van der Waals surface area contributed by atoms with Crippen molar-refractivity contribution >= 4 is 11.5 Å². The van der Waals surface area contributed by atoms with Crippen LogP contribution in [0.15, 0.2) is 18.2 Å². The van der Waals surface area contributed by atoms with Gasteiger partial charge in [-0.15, -0.1) is 0 Å². The van der Waals surface area contributed by atoms with Crippen LogP contribution in [-0.2, 0) is 0 Å².